The molecule has 4 nitrogen and oxygen atoms in total. The molecule has 1 aromatic rings. The molecule has 0 saturated carbocycles. The molecule has 0 aliphatic carbocycles. The number of furan rings is 1. The first kappa shape index (κ1) is 10.5. The summed E-state index contributed by atoms with van der Waals surface area (Å²) < 4.78 is 9.96. The van der Waals surface area contributed by atoms with Crippen molar-refractivity contribution in [2.24, 2.45) is 0 Å². The summed E-state index contributed by atoms with van der Waals surface area (Å²) in [5, 5.41) is 0. The smallest absolute Gasteiger partial charge is 0.302 e. The van der Waals surface area contributed by atoms with Gasteiger partial charge in [-0.15, -0.1) is 0 Å². The van der Waals surface area contributed by atoms with Gasteiger partial charge in [0.2, 0.25) is 0 Å². The predicted octanol–water partition coefficient (Wildman–Crippen LogP) is 1.85. The Hall–Kier alpha value is -1.58. The Balaban J connectivity index is 2.77. The van der Waals surface area contributed by atoms with Gasteiger partial charge in [-0.1, -0.05) is 0 Å². The van der Waals surface area contributed by atoms with E-state index in [1.165, 1.54) is 13.8 Å². The second-order valence-electron chi connectivity index (χ2n) is 3.03. The fraction of sp³-hybridized carbons (Fsp3) is 0.400. The number of ether oxygens (including phenoxy) is 1. The Morgan fingerprint density at radius 2 is 2.07 bits per heavy atom. The van der Waals surface area contributed by atoms with Crippen LogP contribution in [-0.4, -0.2) is 11.8 Å². The van der Waals surface area contributed by atoms with Crippen LogP contribution in [0.5, 0.6) is 0 Å². The molecule has 0 spiro atoms. The summed E-state index contributed by atoms with van der Waals surface area (Å²) in [6.45, 7) is 4.64. The average molecular weight is 196 g/mol. The lowest BCUT2D eigenvalue weighted by atomic mass is 10.2. The van der Waals surface area contributed by atoms with Crippen molar-refractivity contribution in [1.29, 1.82) is 0 Å². The quantitative estimate of drug-likeness (QED) is 0.546. The van der Waals surface area contributed by atoms with E-state index in [2.05, 4.69) is 0 Å². The minimum atomic E-state index is -0.352. The largest absolute Gasteiger partial charge is 0.461 e. The van der Waals surface area contributed by atoms with Crippen molar-refractivity contribution in [3.63, 3.8) is 0 Å². The molecule has 1 heterocycles. The van der Waals surface area contributed by atoms with E-state index in [1.807, 2.05) is 0 Å². The molecule has 1 aromatic heterocycles. The van der Waals surface area contributed by atoms with Gasteiger partial charge in [0.05, 0.1) is 0 Å². The standard InChI is InChI=1S/C10H12O4/c1-6(11)10-4-9(7(2)14-10)5-13-8(3)12/h4H,5H2,1-3H3. The maximum Gasteiger partial charge on any atom is 0.302 e. The number of hydrogen-bond acceptors (Lipinski definition) is 4. The van der Waals surface area contributed by atoms with Crippen LogP contribution in [0.25, 0.3) is 0 Å². The maximum absolute atomic E-state index is 10.9. The van der Waals surface area contributed by atoms with Crippen LogP contribution in [0.4, 0.5) is 0 Å². The van der Waals surface area contributed by atoms with Crippen LogP contribution < -0.4 is 0 Å². The van der Waals surface area contributed by atoms with Gasteiger partial charge in [0.1, 0.15) is 12.4 Å². The summed E-state index contributed by atoms with van der Waals surface area (Å²) >= 11 is 0. The van der Waals surface area contributed by atoms with Crippen molar-refractivity contribution in [1.82, 2.24) is 0 Å². The number of ketones is 1. The van der Waals surface area contributed by atoms with Crippen molar-refractivity contribution in [3.8, 4) is 0 Å². The van der Waals surface area contributed by atoms with E-state index in [9.17, 15) is 9.59 Å². The van der Waals surface area contributed by atoms with Crippen molar-refractivity contribution in [3.05, 3.63) is 23.2 Å². The fourth-order valence-electron chi connectivity index (χ4n) is 1.02. The molecule has 0 aromatic carbocycles. The highest BCUT2D eigenvalue weighted by molar-refractivity contribution is 5.91. The summed E-state index contributed by atoms with van der Waals surface area (Å²) in [6.07, 6.45) is 0. The zero-order chi connectivity index (χ0) is 10.7. The van der Waals surface area contributed by atoms with Crippen LogP contribution in [-0.2, 0) is 16.1 Å². The first-order valence-electron chi connectivity index (χ1n) is 4.24. The Morgan fingerprint density at radius 1 is 1.43 bits per heavy atom. The molecular weight excluding hydrogens is 184 g/mol. The van der Waals surface area contributed by atoms with E-state index in [4.69, 9.17) is 9.15 Å². The van der Waals surface area contributed by atoms with E-state index in [-0.39, 0.29) is 18.4 Å². The molecule has 0 saturated heterocycles. The van der Waals surface area contributed by atoms with Crippen molar-refractivity contribution in [2.75, 3.05) is 0 Å². The lowest BCUT2D eigenvalue weighted by Gasteiger charge is -1.98. The zero-order valence-corrected chi connectivity index (χ0v) is 8.42. The van der Waals surface area contributed by atoms with Crippen molar-refractivity contribution in [2.45, 2.75) is 27.4 Å². The number of aryl methyl sites for hydroxylation is 1. The number of esters is 1. The molecule has 4 heteroatoms. The van der Waals surface area contributed by atoms with Gasteiger partial charge in [-0.2, -0.15) is 0 Å². The van der Waals surface area contributed by atoms with Gasteiger partial charge in [0.15, 0.2) is 11.5 Å². The summed E-state index contributed by atoms with van der Waals surface area (Å²) in [7, 11) is 0. The first-order chi connectivity index (χ1) is 6.50. The maximum atomic E-state index is 10.9. The highest BCUT2D eigenvalue weighted by Crippen LogP contribution is 2.15. The molecule has 0 aliphatic heterocycles. The second kappa shape index (κ2) is 4.09. The van der Waals surface area contributed by atoms with Crippen LogP contribution in [0, 0.1) is 6.92 Å². The number of hydrogen-bond donors (Lipinski definition) is 0. The molecule has 0 radical (unpaired) electrons. The molecule has 0 atom stereocenters. The lowest BCUT2D eigenvalue weighted by Crippen LogP contribution is -1.98. The van der Waals surface area contributed by atoms with Gasteiger partial charge in [0, 0.05) is 19.4 Å². The number of Topliss-reactive ketones (excluding diaryl/α,β-unsaturated/α-hetero) is 1. The topological polar surface area (TPSA) is 56.5 Å². The molecule has 0 amide bonds. The lowest BCUT2D eigenvalue weighted by molar-refractivity contribution is -0.142. The number of rotatable bonds is 3. The third-order valence-electron chi connectivity index (χ3n) is 1.80. The fourth-order valence-corrected chi connectivity index (χ4v) is 1.02. The Kier molecular flexibility index (Phi) is 3.06. The van der Waals surface area contributed by atoms with Gasteiger partial charge in [0.25, 0.3) is 0 Å². The molecule has 14 heavy (non-hydrogen) atoms. The number of carbonyl (C=O) groups excluding carboxylic acids is 2. The summed E-state index contributed by atoms with van der Waals surface area (Å²) in [6, 6.07) is 1.60. The molecule has 0 unspecified atom stereocenters. The van der Waals surface area contributed by atoms with Crippen molar-refractivity contribution >= 4 is 11.8 Å². The van der Waals surface area contributed by atoms with Gasteiger partial charge in [-0.05, 0) is 13.0 Å². The van der Waals surface area contributed by atoms with Crippen LogP contribution in [0.3, 0.4) is 0 Å². The molecule has 0 N–H and O–H groups in total. The molecule has 1 rings (SSSR count). The third-order valence-corrected chi connectivity index (χ3v) is 1.80. The number of carbonyl (C=O) groups is 2. The molecule has 0 fully saturated rings. The normalized spacial score (nSPS) is 9.93. The Bertz CT molecular complexity index is 362. The highest BCUT2D eigenvalue weighted by atomic mass is 16.5. The summed E-state index contributed by atoms with van der Waals surface area (Å²) in [5.74, 6) is 0.415. The first-order valence-corrected chi connectivity index (χ1v) is 4.24. The highest BCUT2D eigenvalue weighted by Gasteiger charge is 2.11. The molecule has 76 valence electrons. The van der Waals surface area contributed by atoms with E-state index in [0.717, 1.165) is 5.56 Å². The average Bonchev–Trinajstić information content (AvgIpc) is 2.43. The predicted molar refractivity (Wildman–Crippen MR) is 48.9 cm³/mol. The monoisotopic (exact) mass is 196 g/mol. The van der Waals surface area contributed by atoms with E-state index < -0.39 is 0 Å². The van der Waals surface area contributed by atoms with E-state index >= 15 is 0 Å². The Morgan fingerprint density at radius 3 is 2.50 bits per heavy atom. The minimum Gasteiger partial charge on any atom is -0.461 e. The third kappa shape index (κ3) is 2.45. The van der Waals surface area contributed by atoms with Gasteiger partial charge >= 0.3 is 5.97 Å². The SMILES string of the molecule is CC(=O)OCc1cc(C(C)=O)oc1C. The van der Waals surface area contributed by atoms with E-state index in [1.54, 1.807) is 13.0 Å². The Labute approximate surface area is 81.9 Å². The molecule has 0 aliphatic rings. The van der Waals surface area contributed by atoms with Crippen LogP contribution >= 0.6 is 0 Å². The summed E-state index contributed by atoms with van der Waals surface area (Å²) in [4.78, 5) is 21.5. The van der Waals surface area contributed by atoms with E-state index in [0.29, 0.717) is 11.5 Å². The van der Waals surface area contributed by atoms with Crippen LogP contribution in [0.1, 0.15) is 35.7 Å². The molecule has 0 bridgehead atoms. The van der Waals surface area contributed by atoms with Crippen LogP contribution in [0.2, 0.25) is 0 Å². The minimum absolute atomic E-state index is 0.137. The van der Waals surface area contributed by atoms with Gasteiger partial charge in [-0.25, -0.2) is 0 Å². The van der Waals surface area contributed by atoms with Gasteiger partial charge < -0.3 is 9.15 Å². The van der Waals surface area contributed by atoms with Crippen LogP contribution in [0.15, 0.2) is 10.5 Å². The zero-order valence-electron chi connectivity index (χ0n) is 8.42. The second-order valence-corrected chi connectivity index (χ2v) is 3.03. The van der Waals surface area contributed by atoms with Crippen molar-refractivity contribution < 1.29 is 18.7 Å². The van der Waals surface area contributed by atoms with Gasteiger partial charge in [-0.3, -0.25) is 9.59 Å². The molecular formula is C10H12O4. The summed E-state index contributed by atoms with van der Waals surface area (Å²) in [5.41, 5.74) is 0.727.